The number of carbonyl (C=O) groups excluding carboxylic acids is 1. The monoisotopic (exact) mass is 303 g/mol. The molecular formula is C17H18ClNO2. The van der Waals surface area contributed by atoms with Crippen LogP contribution in [-0.4, -0.2) is 13.1 Å². The Morgan fingerprint density at radius 1 is 1.19 bits per heavy atom. The molecule has 0 aliphatic heterocycles. The van der Waals surface area contributed by atoms with Crippen molar-refractivity contribution in [3.63, 3.8) is 0 Å². The Balaban J connectivity index is 2.42. The highest BCUT2D eigenvalue weighted by atomic mass is 35.5. The van der Waals surface area contributed by atoms with Gasteiger partial charge in [0, 0.05) is 10.7 Å². The highest BCUT2D eigenvalue weighted by Crippen LogP contribution is 2.29. The van der Waals surface area contributed by atoms with Crippen LogP contribution in [0.4, 0.5) is 5.69 Å². The van der Waals surface area contributed by atoms with Crippen molar-refractivity contribution in [2.24, 2.45) is 0 Å². The van der Waals surface area contributed by atoms with Crippen molar-refractivity contribution >= 4 is 23.3 Å². The van der Waals surface area contributed by atoms with Gasteiger partial charge in [0.15, 0.2) is 5.54 Å². The summed E-state index contributed by atoms with van der Waals surface area (Å²) < 4.78 is 4.97. The zero-order chi connectivity index (χ0) is 15.5. The molecule has 1 unspecified atom stereocenters. The molecular weight excluding hydrogens is 286 g/mol. The molecule has 2 aromatic carbocycles. The van der Waals surface area contributed by atoms with E-state index in [0.29, 0.717) is 5.02 Å². The Morgan fingerprint density at radius 3 is 2.43 bits per heavy atom. The Labute approximate surface area is 129 Å². The number of methoxy groups -OCH3 is 1. The summed E-state index contributed by atoms with van der Waals surface area (Å²) in [5, 5.41) is 3.83. The molecule has 4 heteroatoms. The maximum absolute atomic E-state index is 12.3. The first-order valence-corrected chi connectivity index (χ1v) is 7.03. The number of hydrogen-bond donors (Lipinski definition) is 1. The SMILES string of the molecule is COC(=O)C(C)(Nc1cccc(Cl)c1)c1ccc(C)cc1. The molecule has 0 bridgehead atoms. The molecule has 0 aliphatic rings. The molecule has 0 fully saturated rings. The van der Waals surface area contributed by atoms with Gasteiger partial charge in [-0.2, -0.15) is 0 Å². The van der Waals surface area contributed by atoms with E-state index in [1.165, 1.54) is 7.11 Å². The fourth-order valence-electron chi connectivity index (χ4n) is 2.19. The largest absolute Gasteiger partial charge is 0.467 e. The third-order valence-electron chi connectivity index (χ3n) is 3.44. The number of nitrogens with one attached hydrogen (secondary N) is 1. The fourth-order valence-corrected chi connectivity index (χ4v) is 2.38. The van der Waals surface area contributed by atoms with Crippen LogP contribution in [0.5, 0.6) is 0 Å². The van der Waals surface area contributed by atoms with Crippen molar-refractivity contribution in [2.75, 3.05) is 12.4 Å². The molecule has 3 nitrogen and oxygen atoms in total. The van der Waals surface area contributed by atoms with Crippen molar-refractivity contribution in [3.05, 3.63) is 64.7 Å². The van der Waals surface area contributed by atoms with E-state index in [4.69, 9.17) is 16.3 Å². The summed E-state index contributed by atoms with van der Waals surface area (Å²) in [5.41, 5.74) is 1.75. The van der Waals surface area contributed by atoms with Crippen molar-refractivity contribution in [1.82, 2.24) is 0 Å². The molecule has 0 saturated carbocycles. The van der Waals surface area contributed by atoms with Crippen LogP contribution >= 0.6 is 11.6 Å². The van der Waals surface area contributed by atoms with Crippen molar-refractivity contribution in [3.8, 4) is 0 Å². The maximum atomic E-state index is 12.3. The molecule has 0 aliphatic carbocycles. The number of ether oxygens (including phenoxy) is 1. The van der Waals surface area contributed by atoms with Gasteiger partial charge in [0.05, 0.1) is 7.11 Å². The first kappa shape index (κ1) is 15.4. The first-order valence-electron chi connectivity index (χ1n) is 6.65. The van der Waals surface area contributed by atoms with Crippen molar-refractivity contribution < 1.29 is 9.53 Å². The van der Waals surface area contributed by atoms with Gasteiger partial charge in [-0.1, -0.05) is 47.5 Å². The standard InChI is InChI=1S/C17H18ClNO2/c1-12-7-9-13(10-8-12)17(2,16(20)21-3)19-15-6-4-5-14(18)11-15/h4-11,19H,1-3H3. The molecule has 2 rings (SSSR count). The third-order valence-corrected chi connectivity index (χ3v) is 3.68. The van der Waals surface area contributed by atoms with Gasteiger partial charge in [0.1, 0.15) is 0 Å². The number of hydrogen-bond acceptors (Lipinski definition) is 3. The van der Waals surface area contributed by atoms with Crippen LogP contribution in [0.3, 0.4) is 0 Å². The van der Waals surface area contributed by atoms with E-state index in [1.807, 2.05) is 43.3 Å². The third kappa shape index (κ3) is 3.37. The van der Waals surface area contributed by atoms with Gasteiger partial charge in [-0.25, -0.2) is 4.79 Å². The fraction of sp³-hybridized carbons (Fsp3) is 0.235. The van der Waals surface area contributed by atoms with Crippen LogP contribution < -0.4 is 5.32 Å². The number of rotatable bonds is 4. The van der Waals surface area contributed by atoms with E-state index < -0.39 is 5.54 Å². The van der Waals surface area contributed by atoms with E-state index in [1.54, 1.807) is 19.1 Å². The predicted octanol–water partition coefficient (Wildman–Crippen LogP) is 4.15. The Kier molecular flexibility index (Phi) is 4.53. The summed E-state index contributed by atoms with van der Waals surface area (Å²) in [6.45, 7) is 3.80. The topological polar surface area (TPSA) is 38.3 Å². The van der Waals surface area contributed by atoms with Gasteiger partial charge in [-0.15, -0.1) is 0 Å². The number of anilines is 1. The predicted molar refractivity (Wildman–Crippen MR) is 85.6 cm³/mol. The van der Waals surface area contributed by atoms with Crippen LogP contribution in [0, 0.1) is 6.92 Å². The molecule has 110 valence electrons. The molecule has 0 aromatic heterocycles. The minimum atomic E-state index is -0.979. The number of halogens is 1. The van der Waals surface area contributed by atoms with Crippen LogP contribution in [-0.2, 0) is 15.1 Å². The number of carbonyl (C=O) groups is 1. The molecule has 0 amide bonds. The van der Waals surface area contributed by atoms with Crippen LogP contribution in [0.1, 0.15) is 18.1 Å². The first-order chi connectivity index (χ1) is 9.95. The maximum Gasteiger partial charge on any atom is 0.335 e. The zero-order valence-electron chi connectivity index (χ0n) is 12.3. The van der Waals surface area contributed by atoms with Crippen LogP contribution in [0.15, 0.2) is 48.5 Å². The molecule has 21 heavy (non-hydrogen) atoms. The summed E-state index contributed by atoms with van der Waals surface area (Å²) in [6.07, 6.45) is 0. The van der Waals surface area contributed by atoms with Gasteiger partial charge in [-0.3, -0.25) is 0 Å². The number of esters is 1. The Hall–Kier alpha value is -2.00. The van der Waals surface area contributed by atoms with Crippen molar-refractivity contribution in [1.29, 1.82) is 0 Å². The minimum absolute atomic E-state index is 0.355. The van der Waals surface area contributed by atoms with Crippen LogP contribution in [0.2, 0.25) is 5.02 Å². The average Bonchev–Trinajstić information content (AvgIpc) is 2.46. The molecule has 1 N–H and O–H groups in total. The van der Waals surface area contributed by atoms with Gasteiger partial charge in [0.25, 0.3) is 0 Å². The minimum Gasteiger partial charge on any atom is -0.467 e. The van der Waals surface area contributed by atoms with Gasteiger partial charge in [-0.05, 0) is 37.6 Å². The average molecular weight is 304 g/mol. The smallest absolute Gasteiger partial charge is 0.335 e. The summed E-state index contributed by atoms with van der Waals surface area (Å²) in [6, 6.07) is 15.0. The number of aryl methyl sites for hydroxylation is 1. The van der Waals surface area contributed by atoms with E-state index >= 15 is 0 Å². The second kappa shape index (κ2) is 6.19. The molecule has 0 heterocycles. The number of benzene rings is 2. The Bertz CT molecular complexity index is 639. The quantitative estimate of drug-likeness (QED) is 0.862. The molecule has 0 saturated heterocycles. The van der Waals surface area contributed by atoms with Gasteiger partial charge >= 0.3 is 5.97 Å². The molecule has 1 atom stereocenters. The summed E-state index contributed by atoms with van der Waals surface area (Å²) in [7, 11) is 1.38. The lowest BCUT2D eigenvalue weighted by atomic mass is 9.91. The van der Waals surface area contributed by atoms with Crippen LogP contribution in [0.25, 0.3) is 0 Å². The molecule has 0 radical (unpaired) electrons. The van der Waals surface area contributed by atoms with E-state index in [0.717, 1.165) is 16.8 Å². The molecule has 0 spiro atoms. The van der Waals surface area contributed by atoms with E-state index in [-0.39, 0.29) is 5.97 Å². The second-order valence-electron chi connectivity index (χ2n) is 5.12. The summed E-state index contributed by atoms with van der Waals surface area (Å²) in [5.74, 6) is -0.355. The van der Waals surface area contributed by atoms with Gasteiger partial charge < -0.3 is 10.1 Å². The zero-order valence-corrected chi connectivity index (χ0v) is 13.1. The van der Waals surface area contributed by atoms with E-state index in [2.05, 4.69) is 5.32 Å². The van der Waals surface area contributed by atoms with Gasteiger partial charge in [0.2, 0.25) is 0 Å². The Morgan fingerprint density at radius 2 is 1.86 bits per heavy atom. The lowest BCUT2D eigenvalue weighted by Gasteiger charge is -2.29. The summed E-state index contributed by atoms with van der Waals surface area (Å²) in [4.78, 5) is 12.3. The molecule has 2 aromatic rings. The normalized spacial score (nSPS) is 13.3. The lowest BCUT2D eigenvalue weighted by Crippen LogP contribution is -2.41. The lowest BCUT2D eigenvalue weighted by molar-refractivity contribution is -0.145. The highest BCUT2D eigenvalue weighted by molar-refractivity contribution is 6.30. The van der Waals surface area contributed by atoms with E-state index in [9.17, 15) is 4.79 Å². The van der Waals surface area contributed by atoms with Crippen molar-refractivity contribution in [2.45, 2.75) is 19.4 Å². The highest BCUT2D eigenvalue weighted by Gasteiger charge is 2.36. The second-order valence-corrected chi connectivity index (χ2v) is 5.55. The summed E-state index contributed by atoms with van der Waals surface area (Å²) >= 11 is 6.00.